The van der Waals surface area contributed by atoms with Crippen LogP contribution >= 0.6 is 24.0 Å². The summed E-state index contributed by atoms with van der Waals surface area (Å²) in [4.78, 5) is 12.1. The molecule has 2 N–H and O–H groups in total. The van der Waals surface area contributed by atoms with E-state index in [2.05, 4.69) is 10.6 Å². The summed E-state index contributed by atoms with van der Waals surface area (Å²) in [5, 5.41) is 6.39. The summed E-state index contributed by atoms with van der Waals surface area (Å²) >= 11 is 5.77. The van der Waals surface area contributed by atoms with E-state index in [9.17, 15) is 9.18 Å². The topological polar surface area (TPSA) is 50.4 Å². The summed E-state index contributed by atoms with van der Waals surface area (Å²) in [5.74, 6) is -0.827. The second-order valence-corrected chi connectivity index (χ2v) is 5.96. The minimum Gasteiger partial charge on any atom is -0.384 e. The number of halogens is 3. The zero-order valence-electron chi connectivity index (χ0n) is 12.5. The number of amides is 1. The third-order valence-electron chi connectivity index (χ3n) is 3.86. The van der Waals surface area contributed by atoms with Crippen LogP contribution in [-0.4, -0.2) is 39.3 Å². The molecule has 124 valence electrons. The van der Waals surface area contributed by atoms with Crippen molar-refractivity contribution in [3.05, 3.63) is 34.6 Å². The number of methoxy groups -OCH3 is 1. The van der Waals surface area contributed by atoms with Gasteiger partial charge in [-0.1, -0.05) is 11.6 Å². The summed E-state index contributed by atoms with van der Waals surface area (Å²) in [6.45, 7) is 2.92. The van der Waals surface area contributed by atoms with Gasteiger partial charge in [-0.2, -0.15) is 0 Å². The summed E-state index contributed by atoms with van der Waals surface area (Å²) in [5.41, 5.74) is 0.175. The van der Waals surface area contributed by atoms with Crippen LogP contribution in [0.1, 0.15) is 23.2 Å². The van der Waals surface area contributed by atoms with Gasteiger partial charge in [-0.25, -0.2) is 4.39 Å². The van der Waals surface area contributed by atoms with E-state index in [1.54, 1.807) is 7.11 Å². The fourth-order valence-electron chi connectivity index (χ4n) is 2.69. The first kappa shape index (κ1) is 19.2. The van der Waals surface area contributed by atoms with Crippen LogP contribution in [0.3, 0.4) is 0 Å². The lowest BCUT2D eigenvalue weighted by Crippen LogP contribution is -2.47. The Hall–Kier alpha value is -0.880. The molecule has 1 aromatic carbocycles. The van der Waals surface area contributed by atoms with Crippen LogP contribution in [0.5, 0.6) is 0 Å². The first-order chi connectivity index (χ1) is 10.0. The van der Waals surface area contributed by atoms with E-state index < -0.39 is 5.82 Å². The molecule has 0 spiro atoms. The monoisotopic (exact) mass is 350 g/mol. The van der Waals surface area contributed by atoms with Gasteiger partial charge < -0.3 is 15.4 Å². The van der Waals surface area contributed by atoms with Crippen molar-refractivity contribution < 1.29 is 13.9 Å². The summed E-state index contributed by atoms with van der Waals surface area (Å²) in [6.07, 6.45) is 1.87. The minimum atomic E-state index is -0.513. The van der Waals surface area contributed by atoms with Crippen LogP contribution in [0, 0.1) is 11.2 Å². The molecule has 1 saturated heterocycles. The first-order valence-corrected chi connectivity index (χ1v) is 7.36. The average molecular weight is 351 g/mol. The highest BCUT2D eigenvalue weighted by Crippen LogP contribution is 2.28. The van der Waals surface area contributed by atoms with Crippen LogP contribution in [0.2, 0.25) is 5.02 Å². The Morgan fingerprint density at radius 3 is 2.68 bits per heavy atom. The highest BCUT2D eigenvalue weighted by Gasteiger charge is 2.32. The Kier molecular flexibility index (Phi) is 7.56. The third-order valence-corrected chi connectivity index (χ3v) is 4.08. The maximum Gasteiger partial charge on any atom is 0.251 e. The molecule has 1 heterocycles. The smallest absolute Gasteiger partial charge is 0.251 e. The van der Waals surface area contributed by atoms with E-state index in [0.29, 0.717) is 13.2 Å². The molecule has 0 atom stereocenters. The second-order valence-electron chi connectivity index (χ2n) is 5.52. The largest absolute Gasteiger partial charge is 0.384 e. The lowest BCUT2D eigenvalue weighted by molar-refractivity contribution is 0.0511. The second kappa shape index (κ2) is 8.67. The van der Waals surface area contributed by atoms with Crippen LogP contribution in [-0.2, 0) is 4.74 Å². The Morgan fingerprint density at radius 2 is 2.09 bits per heavy atom. The van der Waals surface area contributed by atoms with E-state index in [-0.39, 0.29) is 34.3 Å². The molecule has 1 aliphatic rings. The fraction of sp³-hybridized carbons (Fsp3) is 0.533. The number of carbonyl (C=O) groups excluding carboxylic acids is 1. The molecule has 0 bridgehead atoms. The molecule has 2 rings (SSSR count). The van der Waals surface area contributed by atoms with Gasteiger partial charge >= 0.3 is 0 Å². The Balaban J connectivity index is 0.00000242. The van der Waals surface area contributed by atoms with E-state index in [1.807, 2.05) is 0 Å². The van der Waals surface area contributed by atoms with Gasteiger partial charge in [0.1, 0.15) is 5.82 Å². The van der Waals surface area contributed by atoms with Gasteiger partial charge in [0.2, 0.25) is 0 Å². The van der Waals surface area contributed by atoms with Crippen molar-refractivity contribution in [2.24, 2.45) is 5.41 Å². The zero-order valence-corrected chi connectivity index (χ0v) is 14.0. The molecule has 4 nitrogen and oxygen atoms in total. The summed E-state index contributed by atoms with van der Waals surface area (Å²) < 4.78 is 18.6. The molecule has 22 heavy (non-hydrogen) atoms. The van der Waals surface area contributed by atoms with Crippen molar-refractivity contribution in [2.45, 2.75) is 12.8 Å². The molecule has 0 radical (unpaired) electrons. The molecule has 0 aromatic heterocycles. The van der Waals surface area contributed by atoms with Crippen molar-refractivity contribution in [1.82, 2.24) is 10.6 Å². The molecule has 1 fully saturated rings. The molecular formula is C15H21Cl2FN2O2. The van der Waals surface area contributed by atoms with Crippen molar-refractivity contribution in [3.63, 3.8) is 0 Å². The number of hydrogen-bond acceptors (Lipinski definition) is 3. The highest BCUT2D eigenvalue weighted by atomic mass is 35.5. The predicted octanol–water partition coefficient (Wildman–Crippen LogP) is 2.65. The molecule has 0 aliphatic carbocycles. The van der Waals surface area contributed by atoms with Crippen LogP contribution in [0.15, 0.2) is 18.2 Å². The van der Waals surface area contributed by atoms with Gasteiger partial charge in [-0.3, -0.25) is 4.79 Å². The number of nitrogens with one attached hydrogen (secondary N) is 2. The quantitative estimate of drug-likeness (QED) is 0.858. The lowest BCUT2D eigenvalue weighted by atomic mass is 9.79. The van der Waals surface area contributed by atoms with E-state index in [0.717, 1.165) is 25.9 Å². The van der Waals surface area contributed by atoms with Gasteiger partial charge in [0.15, 0.2) is 0 Å². The Bertz CT molecular complexity index is 483. The Labute approximate surface area is 141 Å². The maximum absolute atomic E-state index is 13.3. The van der Waals surface area contributed by atoms with Crippen LogP contribution in [0.4, 0.5) is 4.39 Å². The molecule has 0 saturated carbocycles. The highest BCUT2D eigenvalue weighted by molar-refractivity contribution is 6.31. The summed E-state index contributed by atoms with van der Waals surface area (Å²) in [6, 6.07) is 3.83. The molecular weight excluding hydrogens is 330 g/mol. The number of rotatable bonds is 5. The Morgan fingerprint density at radius 1 is 1.41 bits per heavy atom. The van der Waals surface area contributed by atoms with Gasteiger partial charge in [0.25, 0.3) is 5.91 Å². The van der Waals surface area contributed by atoms with Crippen LogP contribution in [0.25, 0.3) is 0 Å². The van der Waals surface area contributed by atoms with E-state index >= 15 is 0 Å². The first-order valence-electron chi connectivity index (χ1n) is 6.99. The molecule has 0 unspecified atom stereocenters. The lowest BCUT2D eigenvalue weighted by Gasteiger charge is -2.37. The normalized spacial score (nSPS) is 16.7. The average Bonchev–Trinajstić information content (AvgIpc) is 2.45. The summed E-state index contributed by atoms with van der Waals surface area (Å²) in [7, 11) is 1.66. The third kappa shape index (κ3) is 5.09. The molecule has 1 aromatic rings. The van der Waals surface area contributed by atoms with E-state index in [4.69, 9.17) is 16.3 Å². The van der Waals surface area contributed by atoms with Crippen molar-refractivity contribution >= 4 is 29.9 Å². The molecule has 1 aliphatic heterocycles. The van der Waals surface area contributed by atoms with Crippen LogP contribution < -0.4 is 10.6 Å². The zero-order chi connectivity index (χ0) is 15.3. The van der Waals surface area contributed by atoms with Crippen molar-refractivity contribution in [3.8, 4) is 0 Å². The van der Waals surface area contributed by atoms with Gasteiger partial charge in [0.05, 0.1) is 6.61 Å². The number of hydrogen-bond donors (Lipinski definition) is 2. The van der Waals surface area contributed by atoms with Gasteiger partial charge in [0, 0.05) is 29.7 Å². The molecule has 1 amide bonds. The molecule has 7 heteroatoms. The maximum atomic E-state index is 13.3. The number of carbonyl (C=O) groups is 1. The van der Waals surface area contributed by atoms with Gasteiger partial charge in [-0.05, 0) is 44.1 Å². The van der Waals surface area contributed by atoms with Gasteiger partial charge in [-0.15, -0.1) is 12.4 Å². The number of piperidine rings is 1. The fourth-order valence-corrected chi connectivity index (χ4v) is 2.91. The SMILES string of the molecule is COCC1(CNC(=O)c2cc(F)cc(Cl)c2)CCNCC1.Cl. The minimum absolute atomic E-state index is 0. The standard InChI is InChI=1S/C15H20ClFN2O2.ClH/c1-21-10-15(2-4-18-5-3-15)9-19-14(20)11-6-12(16)8-13(17)7-11;/h6-8,18H,2-5,9-10H2,1H3,(H,19,20);1H. The number of ether oxygens (including phenoxy) is 1. The van der Waals surface area contributed by atoms with E-state index in [1.165, 1.54) is 18.2 Å². The predicted molar refractivity (Wildman–Crippen MR) is 87.4 cm³/mol. The van der Waals surface area contributed by atoms with Crippen molar-refractivity contribution in [2.75, 3.05) is 33.4 Å². The number of benzene rings is 1. The van der Waals surface area contributed by atoms with Crippen molar-refractivity contribution in [1.29, 1.82) is 0 Å².